The van der Waals surface area contributed by atoms with E-state index in [1.807, 2.05) is 38.8 Å². The highest BCUT2D eigenvalue weighted by Crippen LogP contribution is 2.31. The van der Waals surface area contributed by atoms with Gasteiger partial charge in [0, 0.05) is 25.2 Å². The number of aryl methyl sites for hydroxylation is 2. The number of H-pyrrole nitrogens is 1. The Balaban J connectivity index is 1.75. The number of likely N-dealkylation sites (N-methyl/N-ethyl adjacent to an activating group) is 1. The SMILES string of the molecule is CCCc1nc(CC)c2c(=O)[nH]c(-c3cc(S(=O)(=O)Nc4cccc(CN(C)CCO)c4)ccc3OCC)nn12. The zero-order valence-corrected chi connectivity index (χ0v) is 24.1. The number of imidazole rings is 1. The van der Waals surface area contributed by atoms with Crippen LogP contribution in [-0.2, 0) is 29.4 Å². The van der Waals surface area contributed by atoms with Gasteiger partial charge in [-0.1, -0.05) is 26.0 Å². The summed E-state index contributed by atoms with van der Waals surface area (Å²) in [6, 6.07) is 11.6. The molecule has 0 fully saturated rings. The lowest BCUT2D eigenvalue weighted by molar-refractivity contribution is 0.217. The Kier molecular flexibility index (Phi) is 9.23. The average molecular weight is 569 g/mol. The van der Waals surface area contributed by atoms with E-state index in [9.17, 15) is 13.2 Å². The van der Waals surface area contributed by atoms with Gasteiger partial charge in [0.2, 0.25) is 0 Å². The monoisotopic (exact) mass is 568 g/mol. The van der Waals surface area contributed by atoms with Crippen LogP contribution in [0.1, 0.15) is 44.3 Å². The molecule has 2 aromatic heterocycles. The third-order valence-corrected chi connectivity index (χ3v) is 7.76. The number of sulfonamides is 1. The van der Waals surface area contributed by atoms with E-state index >= 15 is 0 Å². The molecule has 3 N–H and O–H groups in total. The largest absolute Gasteiger partial charge is 0.493 e. The second-order valence-corrected chi connectivity index (χ2v) is 11.2. The first kappa shape index (κ1) is 29.2. The summed E-state index contributed by atoms with van der Waals surface area (Å²) in [5.41, 5.74) is 2.36. The van der Waals surface area contributed by atoms with Crippen molar-refractivity contribution in [2.45, 2.75) is 51.5 Å². The number of anilines is 1. The van der Waals surface area contributed by atoms with Crippen molar-refractivity contribution in [1.82, 2.24) is 24.5 Å². The number of aliphatic hydroxyl groups excluding tert-OH is 1. The molecule has 2 heterocycles. The highest BCUT2D eigenvalue weighted by atomic mass is 32.2. The van der Waals surface area contributed by atoms with E-state index in [1.54, 1.807) is 28.8 Å². The molecule has 12 heteroatoms. The Morgan fingerprint density at radius 1 is 1.15 bits per heavy atom. The van der Waals surface area contributed by atoms with Crippen molar-refractivity contribution in [3.05, 3.63) is 69.9 Å². The topological polar surface area (TPSA) is 142 Å². The van der Waals surface area contributed by atoms with Crippen LogP contribution in [0.5, 0.6) is 5.75 Å². The van der Waals surface area contributed by atoms with Crippen molar-refractivity contribution in [1.29, 1.82) is 0 Å². The Labute approximate surface area is 233 Å². The van der Waals surface area contributed by atoms with Crippen LogP contribution >= 0.6 is 0 Å². The minimum absolute atomic E-state index is 0.00911. The van der Waals surface area contributed by atoms with Gasteiger partial charge in [-0.15, -0.1) is 5.10 Å². The average Bonchev–Trinajstić information content (AvgIpc) is 3.27. The number of nitrogens with zero attached hydrogens (tertiary/aromatic N) is 4. The highest BCUT2D eigenvalue weighted by Gasteiger charge is 2.21. The summed E-state index contributed by atoms with van der Waals surface area (Å²) in [7, 11) is -2.12. The van der Waals surface area contributed by atoms with Gasteiger partial charge in [-0.3, -0.25) is 14.4 Å². The van der Waals surface area contributed by atoms with Gasteiger partial charge in [0.1, 0.15) is 11.6 Å². The molecule has 0 unspecified atom stereocenters. The summed E-state index contributed by atoms with van der Waals surface area (Å²) in [4.78, 5) is 22.5. The molecule has 11 nitrogen and oxygen atoms in total. The minimum atomic E-state index is -4.00. The van der Waals surface area contributed by atoms with Crippen LogP contribution in [0.25, 0.3) is 16.9 Å². The predicted octanol–water partition coefficient (Wildman–Crippen LogP) is 3.22. The highest BCUT2D eigenvalue weighted by molar-refractivity contribution is 7.92. The Bertz CT molecular complexity index is 1650. The van der Waals surface area contributed by atoms with Crippen molar-refractivity contribution in [3.8, 4) is 17.1 Å². The molecule has 0 aliphatic carbocycles. The summed E-state index contributed by atoms with van der Waals surface area (Å²) in [6.45, 7) is 7.22. The van der Waals surface area contributed by atoms with Crippen LogP contribution < -0.4 is 15.0 Å². The van der Waals surface area contributed by atoms with Gasteiger partial charge in [0.05, 0.1) is 29.4 Å². The molecule has 214 valence electrons. The van der Waals surface area contributed by atoms with Crippen molar-refractivity contribution < 1.29 is 18.3 Å². The van der Waals surface area contributed by atoms with Gasteiger partial charge in [-0.2, -0.15) is 0 Å². The standard InChI is InChI=1S/C28H36N6O5S/c1-5-9-25-29-23(6-2)26-28(36)30-27(31-34(25)26)22-17-21(12-13-24(22)39-7-3)40(37,38)32-20-11-8-10-19(16-20)18-33(4)14-15-35/h8,10-13,16-17,32,35H,5-7,9,14-15,18H2,1-4H3,(H,30,31,36). The molecule has 2 aromatic carbocycles. The maximum absolute atomic E-state index is 13.4. The third kappa shape index (κ3) is 6.35. The molecule has 40 heavy (non-hydrogen) atoms. The van der Waals surface area contributed by atoms with Crippen molar-refractivity contribution in [2.75, 3.05) is 31.5 Å². The summed E-state index contributed by atoms with van der Waals surface area (Å²) in [5.74, 6) is 1.25. The number of fused-ring (bicyclic) bond motifs is 1. The van der Waals surface area contributed by atoms with Crippen molar-refractivity contribution in [2.24, 2.45) is 0 Å². The van der Waals surface area contributed by atoms with Crippen LogP contribution in [-0.4, -0.2) is 64.8 Å². The lowest BCUT2D eigenvalue weighted by Crippen LogP contribution is -2.21. The molecule has 0 spiro atoms. The quantitative estimate of drug-likeness (QED) is 0.223. The molecule has 0 aliphatic heterocycles. The maximum Gasteiger partial charge on any atom is 0.277 e. The van der Waals surface area contributed by atoms with E-state index in [4.69, 9.17) is 9.84 Å². The second kappa shape index (κ2) is 12.6. The molecular weight excluding hydrogens is 532 g/mol. The van der Waals surface area contributed by atoms with Crippen molar-refractivity contribution >= 4 is 21.2 Å². The lowest BCUT2D eigenvalue weighted by atomic mass is 10.2. The van der Waals surface area contributed by atoms with E-state index in [1.165, 1.54) is 12.1 Å². The summed E-state index contributed by atoms with van der Waals surface area (Å²) in [5, 5.41) is 13.8. The Hall–Kier alpha value is -3.74. The van der Waals surface area contributed by atoms with Crippen LogP contribution in [0.3, 0.4) is 0 Å². The molecule has 0 radical (unpaired) electrons. The number of aromatic amines is 1. The number of aromatic nitrogens is 4. The van der Waals surface area contributed by atoms with Gasteiger partial charge in [-0.25, -0.2) is 17.9 Å². The van der Waals surface area contributed by atoms with E-state index in [0.717, 1.165) is 12.0 Å². The van der Waals surface area contributed by atoms with Gasteiger partial charge in [-0.05, 0) is 62.7 Å². The molecule has 0 bridgehead atoms. The van der Waals surface area contributed by atoms with Crippen LogP contribution in [0.2, 0.25) is 0 Å². The number of aliphatic hydroxyl groups is 1. The Morgan fingerprint density at radius 3 is 2.65 bits per heavy atom. The third-order valence-electron chi connectivity index (χ3n) is 6.38. The first-order chi connectivity index (χ1) is 19.2. The smallest absolute Gasteiger partial charge is 0.277 e. The van der Waals surface area contributed by atoms with E-state index in [0.29, 0.717) is 66.6 Å². The molecule has 4 rings (SSSR count). The number of hydrogen-bond donors (Lipinski definition) is 3. The number of ether oxygens (including phenoxy) is 1. The molecule has 0 atom stereocenters. The molecule has 0 amide bonds. The number of nitrogens with one attached hydrogen (secondary N) is 2. The van der Waals surface area contributed by atoms with Crippen molar-refractivity contribution in [3.63, 3.8) is 0 Å². The molecular formula is C28H36N6O5S. The minimum Gasteiger partial charge on any atom is -0.493 e. The van der Waals surface area contributed by atoms with Crippen LogP contribution in [0, 0.1) is 0 Å². The summed E-state index contributed by atoms with van der Waals surface area (Å²) < 4.78 is 36.9. The number of benzene rings is 2. The molecule has 4 aromatic rings. The first-order valence-electron chi connectivity index (χ1n) is 13.4. The van der Waals surface area contributed by atoms with Gasteiger partial charge < -0.3 is 14.8 Å². The fourth-order valence-corrected chi connectivity index (χ4v) is 5.61. The van der Waals surface area contributed by atoms with Gasteiger partial charge >= 0.3 is 0 Å². The normalized spacial score (nSPS) is 11.8. The van der Waals surface area contributed by atoms with E-state index in [2.05, 4.69) is 19.8 Å². The zero-order valence-electron chi connectivity index (χ0n) is 23.3. The fraction of sp³-hybridized carbons (Fsp3) is 0.393. The second-order valence-electron chi connectivity index (χ2n) is 9.50. The first-order valence-corrected chi connectivity index (χ1v) is 14.9. The molecule has 0 saturated carbocycles. The lowest BCUT2D eigenvalue weighted by Gasteiger charge is -2.16. The van der Waals surface area contributed by atoms with Gasteiger partial charge in [0.25, 0.3) is 15.6 Å². The predicted molar refractivity (Wildman–Crippen MR) is 154 cm³/mol. The molecule has 0 saturated heterocycles. The number of rotatable bonds is 13. The van der Waals surface area contributed by atoms with Gasteiger partial charge in [0.15, 0.2) is 11.3 Å². The summed E-state index contributed by atoms with van der Waals surface area (Å²) in [6.07, 6.45) is 2.05. The summed E-state index contributed by atoms with van der Waals surface area (Å²) >= 11 is 0. The van der Waals surface area contributed by atoms with E-state index in [-0.39, 0.29) is 22.9 Å². The maximum atomic E-state index is 13.4. The fourth-order valence-electron chi connectivity index (χ4n) is 4.54. The zero-order chi connectivity index (χ0) is 28.9. The number of hydrogen-bond acceptors (Lipinski definition) is 8. The van der Waals surface area contributed by atoms with Crippen LogP contribution in [0.15, 0.2) is 52.2 Å². The van der Waals surface area contributed by atoms with Crippen LogP contribution in [0.4, 0.5) is 5.69 Å². The Morgan fingerprint density at radius 2 is 1.95 bits per heavy atom. The van der Waals surface area contributed by atoms with E-state index < -0.39 is 10.0 Å². The molecule has 0 aliphatic rings.